The van der Waals surface area contributed by atoms with Crippen molar-refractivity contribution in [3.63, 3.8) is 0 Å². The van der Waals surface area contributed by atoms with Gasteiger partial charge in [0.1, 0.15) is 11.5 Å². The summed E-state index contributed by atoms with van der Waals surface area (Å²) < 4.78 is 18.7. The van der Waals surface area contributed by atoms with Crippen LogP contribution in [0, 0.1) is 25.1 Å². The molecule has 0 aliphatic rings. The molecule has 0 heterocycles. The molecule has 4 nitrogen and oxygen atoms in total. The van der Waals surface area contributed by atoms with E-state index in [0.29, 0.717) is 24.3 Å². The molecule has 0 spiro atoms. The number of carbonyl (C=O) groups is 1. The molecule has 0 aromatic heterocycles. The molecule has 126 valence electrons. The predicted octanol–water partition coefficient (Wildman–Crippen LogP) is 3.24. The maximum atomic E-state index is 13.8. The third-order valence-corrected chi connectivity index (χ3v) is 3.90. The first-order valence-corrected chi connectivity index (χ1v) is 7.68. The number of ether oxygens (including phenoxy) is 1. The van der Waals surface area contributed by atoms with E-state index < -0.39 is 5.91 Å². The van der Waals surface area contributed by atoms with Crippen LogP contribution in [-0.4, -0.2) is 31.9 Å². The highest BCUT2D eigenvalue weighted by molar-refractivity contribution is 6.44. The molecule has 2 rings (SSSR count). The van der Waals surface area contributed by atoms with E-state index in [9.17, 15) is 9.18 Å². The Kier molecular flexibility index (Phi) is 5.82. The molecular weight excluding hydrogens is 307 g/mol. The number of methoxy groups -OCH3 is 1. The summed E-state index contributed by atoms with van der Waals surface area (Å²) in [5.41, 5.74) is 3.32. The van der Waals surface area contributed by atoms with Crippen molar-refractivity contribution >= 4 is 11.6 Å². The molecule has 2 aromatic rings. The van der Waals surface area contributed by atoms with Gasteiger partial charge in [0.15, 0.2) is 0 Å². The number of amides is 1. The molecule has 2 aromatic carbocycles. The number of hydrogen-bond donors (Lipinski definition) is 2. The Balaban J connectivity index is 2.33. The van der Waals surface area contributed by atoms with Crippen LogP contribution in [0.1, 0.15) is 16.7 Å². The first-order valence-electron chi connectivity index (χ1n) is 7.68. The van der Waals surface area contributed by atoms with Crippen LogP contribution in [-0.2, 0) is 9.53 Å². The van der Waals surface area contributed by atoms with Gasteiger partial charge in [0.25, 0.3) is 5.91 Å². The van der Waals surface area contributed by atoms with Crippen molar-refractivity contribution in [3.05, 3.63) is 58.9 Å². The van der Waals surface area contributed by atoms with Crippen LogP contribution in [0.5, 0.6) is 0 Å². The van der Waals surface area contributed by atoms with Crippen LogP contribution in [0.25, 0.3) is 11.1 Å². The Morgan fingerprint density at radius 2 is 2.00 bits per heavy atom. The van der Waals surface area contributed by atoms with E-state index in [4.69, 9.17) is 10.1 Å². The van der Waals surface area contributed by atoms with Gasteiger partial charge >= 0.3 is 0 Å². The maximum absolute atomic E-state index is 13.8. The van der Waals surface area contributed by atoms with E-state index in [2.05, 4.69) is 5.32 Å². The van der Waals surface area contributed by atoms with E-state index in [1.54, 1.807) is 26.2 Å². The number of nitrogens with one attached hydrogen (secondary N) is 2. The number of hydrogen-bond acceptors (Lipinski definition) is 3. The largest absolute Gasteiger partial charge is 0.383 e. The van der Waals surface area contributed by atoms with E-state index in [1.165, 1.54) is 6.07 Å². The third kappa shape index (κ3) is 3.86. The molecule has 0 saturated heterocycles. The van der Waals surface area contributed by atoms with Crippen molar-refractivity contribution in [3.8, 4) is 11.1 Å². The zero-order valence-electron chi connectivity index (χ0n) is 14.1. The minimum absolute atomic E-state index is 0.112. The number of benzene rings is 2. The summed E-state index contributed by atoms with van der Waals surface area (Å²) in [4.78, 5) is 12.1. The van der Waals surface area contributed by atoms with Crippen LogP contribution in [0.15, 0.2) is 36.4 Å². The molecule has 0 bridgehead atoms. The van der Waals surface area contributed by atoms with Crippen LogP contribution in [0.3, 0.4) is 0 Å². The smallest absolute Gasteiger partial charge is 0.269 e. The average Bonchev–Trinajstić information content (AvgIpc) is 2.57. The summed E-state index contributed by atoms with van der Waals surface area (Å²) in [5.74, 6) is -0.731. The molecule has 0 aliphatic heterocycles. The first kappa shape index (κ1) is 17.8. The lowest BCUT2D eigenvalue weighted by Gasteiger charge is -2.12. The van der Waals surface area contributed by atoms with Crippen LogP contribution < -0.4 is 5.32 Å². The van der Waals surface area contributed by atoms with E-state index in [0.717, 1.165) is 16.7 Å². The second-order valence-electron chi connectivity index (χ2n) is 5.57. The molecule has 0 unspecified atom stereocenters. The van der Waals surface area contributed by atoms with Crippen LogP contribution in [0.2, 0.25) is 0 Å². The molecule has 24 heavy (non-hydrogen) atoms. The Bertz CT molecular complexity index is 772. The second-order valence-corrected chi connectivity index (χ2v) is 5.57. The molecule has 0 fully saturated rings. The van der Waals surface area contributed by atoms with Gasteiger partial charge in [-0.05, 0) is 48.2 Å². The lowest BCUT2D eigenvalue weighted by atomic mass is 9.94. The molecule has 2 N–H and O–H groups in total. The fourth-order valence-electron chi connectivity index (χ4n) is 2.46. The normalized spacial score (nSPS) is 10.5. The predicted molar refractivity (Wildman–Crippen MR) is 93.0 cm³/mol. The highest BCUT2D eigenvalue weighted by Crippen LogP contribution is 2.27. The van der Waals surface area contributed by atoms with Crippen molar-refractivity contribution in [2.75, 3.05) is 20.3 Å². The second kappa shape index (κ2) is 7.84. The van der Waals surface area contributed by atoms with Crippen LogP contribution >= 0.6 is 0 Å². The van der Waals surface area contributed by atoms with E-state index in [-0.39, 0.29) is 11.5 Å². The van der Waals surface area contributed by atoms with Gasteiger partial charge in [-0.1, -0.05) is 24.3 Å². The lowest BCUT2D eigenvalue weighted by Crippen LogP contribution is -2.33. The molecule has 0 saturated carbocycles. The lowest BCUT2D eigenvalue weighted by molar-refractivity contribution is -0.115. The Labute approximate surface area is 141 Å². The zero-order valence-corrected chi connectivity index (χ0v) is 14.1. The molecule has 0 atom stereocenters. The van der Waals surface area contributed by atoms with Gasteiger partial charge in [0.05, 0.1) is 6.61 Å². The van der Waals surface area contributed by atoms with Crippen molar-refractivity contribution in [2.24, 2.45) is 0 Å². The maximum Gasteiger partial charge on any atom is 0.269 e. The van der Waals surface area contributed by atoms with Crippen LogP contribution in [0.4, 0.5) is 4.39 Å². The molecular formula is C19H21FN2O2. The summed E-state index contributed by atoms with van der Waals surface area (Å²) in [6.07, 6.45) is 0. The summed E-state index contributed by atoms with van der Waals surface area (Å²) in [6.45, 7) is 4.29. The number of carbonyl (C=O) groups excluding carboxylic acids is 1. The van der Waals surface area contributed by atoms with Gasteiger partial charge in [-0.2, -0.15) is 0 Å². The van der Waals surface area contributed by atoms with Gasteiger partial charge in [0, 0.05) is 19.2 Å². The van der Waals surface area contributed by atoms with Crippen molar-refractivity contribution in [1.82, 2.24) is 5.32 Å². The van der Waals surface area contributed by atoms with E-state index in [1.807, 2.05) is 25.1 Å². The molecule has 5 heteroatoms. The quantitative estimate of drug-likeness (QED) is 0.632. The Hall–Kier alpha value is -2.53. The Morgan fingerprint density at radius 3 is 2.71 bits per heavy atom. The van der Waals surface area contributed by atoms with Gasteiger partial charge in [-0.15, -0.1) is 0 Å². The summed E-state index contributed by atoms with van der Waals surface area (Å²) in [5, 5.41) is 10.8. The average molecular weight is 328 g/mol. The monoisotopic (exact) mass is 328 g/mol. The zero-order chi connectivity index (χ0) is 17.7. The van der Waals surface area contributed by atoms with Crippen molar-refractivity contribution in [1.29, 1.82) is 5.41 Å². The topological polar surface area (TPSA) is 62.2 Å². The molecule has 0 aliphatic carbocycles. The molecule has 0 radical (unpaired) electrons. The highest BCUT2D eigenvalue weighted by Gasteiger charge is 2.15. The Morgan fingerprint density at radius 1 is 1.25 bits per heavy atom. The standard InChI is InChI=1S/C19H21FN2O2/c1-12-7-8-14(15-5-4-6-17(20)13(15)2)11-16(12)18(21)19(23)22-9-10-24-3/h4-8,11,21H,9-10H2,1-3H3,(H,22,23). The fourth-order valence-corrected chi connectivity index (χ4v) is 2.46. The summed E-state index contributed by atoms with van der Waals surface area (Å²) in [6, 6.07) is 10.4. The van der Waals surface area contributed by atoms with Gasteiger partial charge in [0.2, 0.25) is 0 Å². The van der Waals surface area contributed by atoms with Gasteiger partial charge in [-0.3, -0.25) is 10.2 Å². The van der Waals surface area contributed by atoms with E-state index >= 15 is 0 Å². The minimum Gasteiger partial charge on any atom is -0.383 e. The van der Waals surface area contributed by atoms with Gasteiger partial charge < -0.3 is 10.1 Å². The van der Waals surface area contributed by atoms with Crippen molar-refractivity contribution in [2.45, 2.75) is 13.8 Å². The summed E-state index contributed by atoms with van der Waals surface area (Å²) >= 11 is 0. The summed E-state index contributed by atoms with van der Waals surface area (Å²) in [7, 11) is 1.55. The van der Waals surface area contributed by atoms with Crippen molar-refractivity contribution < 1.29 is 13.9 Å². The third-order valence-electron chi connectivity index (χ3n) is 3.90. The first-order chi connectivity index (χ1) is 11.5. The number of rotatable bonds is 6. The highest BCUT2D eigenvalue weighted by atomic mass is 19.1. The SMILES string of the molecule is COCCNC(=O)C(=N)c1cc(-c2cccc(F)c2C)ccc1C. The number of halogens is 1. The number of aryl methyl sites for hydroxylation is 1. The molecule has 1 amide bonds. The minimum atomic E-state index is -0.455. The van der Waals surface area contributed by atoms with Gasteiger partial charge in [-0.25, -0.2) is 4.39 Å². The fraction of sp³-hybridized carbons (Fsp3) is 0.263.